The van der Waals surface area contributed by atoms with Gasteiger partial charge in [-0.15, -0.1) is 0 Å². The Morgan fingerprint density at radius 3 is 2.42 bits per heavy atom. The van der Waals surface area contributed by atoms with Crippen LogP contribution in [-0.2, 0) is 0 Å². The smallest absolute Gasteiger partial charge is 0.0582 e. The molecule has 0 aromatic carbocycles. The lowest BCUT2D eigenvalue weighted by Crippen LogP contribution is -2.41. The summed E-state index contributed by atoms with van der Waals surface area (Å²) in [6.45, 7) is 2.17. The van der Waals surface area contributed by atoms with Crippen LogP contribution in [0.3, 0.4) is 0 Å². The Bertz CT molecular complexity index is 122. The molecule has 0 unspecified atom stereocenters. The molecule has 1 saturated carbocycles. The number of rotatable bonds is 3. The summed E-state index contributed by atoms with van der Waals surface area (Å²) in [5, 5.41) is 21.4. The van der Waals surface area contributed by atoms with Crippen LogP contribution in [0.25, 0.3) is 0 Å². The molecule has 0 aliphatic heterocycles. The molecule has 0 aromatic heterocycles. The van der Waals surface area contributed by atoms with Crippen LogP contribution < -0.4 is 5.32 Å². The minimum atomic E-state index is -0.0903. The van der Waals surface area contributed by atoms with Crippen molar-refractivity contribution in [1.82, 2.24) is 5.32 Å². The Hall–Kier alpha value is -0.120. The predicted molar refractivity (Wildman–Crippen MR) is 47.9 cm³/mol. The molecule has 0 aromatic rings. The van der Waals surface area contributed by atoms with Gasteiger partial charge in [-0.25, -0.2) is 0 Å². The highest BCUT2D eigenvalue weighted by Crippen LogP contribution is 2.18. The molecular formula is C9H19NO2. The van der Waals surface area contributed by atoms with Gasteiger partial charge in [0.25, 0.3) is 0 Å². The molecule has 3 N–H and O–H groups in total. The van der Waals surface area contributed by atoms with Crippen molar-refractivity contribution >= 4 is 0 Å². The highest BCUT2D eigenvalue weighted by molar-refractivity contribution is 4.78. The lowest BCUT2D eigenvalue weighted by atomic mass is 9.93. The van der Waals surface area contributed by atoms with Gasteiger partial charge in [0.15, 0.2) is 0 Å². The first-order chi connectivity index (χ1) is 5.72. The summed E-state index contributed by atoms with van der Waals surface area (Å²) in [6.07, 6.45) is 3.77. The number of aliphatic hydroxyl groups excluding tert-OH is 2. The fourth-order valence-corrected chi connectivity index (χ4v) is 1.70. The predicted octanol–water partition coefficient (Wildman–Crippen LogP) is 0.260. The maximum Gasteiger partial charge on any atom is 0.0582 e. The fourth-order valence-electron chi connectivity index (χ4n) is 1.70. The molecule has 0 heterocycles. The monoisotopic (exact) mass is 173 g/mol. The third kappa shape index (κ3) is 3.09. The second kappa shape index (κ2) is 4.80. The maximum absolute atomic E-state index is 9.24. The zero-order chi connectivity index (χ0) is 8.97. The van der Waals surface area contributed by atoms with Gasteiger partial charge in [0.05, 0.1) is 12.7 Å². The number of hydrogen-bond donors (Lipinski definition) is 3. The van der Waals surface area contributed by atoms with Gasteiger partial charge in [0.1, 0.15) is 0 Å². The summed E-state index contributed by atoms with van der Waals surface area (Å²) in [4.78, 5) is 0. The Morgan fingerprint density at radius 2 is 1.92 bits per heavy atom. The van der Waals surface area contributed by atoms with Crippen molar-refractivity contribution in [2.24, 2.45) is 0 Å². The molecule has 1 aliphatic carbocycles. The number of aliphatic hydroxyl groups is 2. The topological polar surface area (TPSA) is 52.5 Å². The molecule has 0 saturated heterocycles. The van der Waals surface area contributed by atoms with E-state index in [0.29, 0.717) is 6.04 Å². The van der Waals surface area contributed by atoms with Crippen molar-refractivity contribution in [3.8, 4) is 0 Å². The summed E-state index contributed by atoms with van der Waals surface area (Å²) < 4.78 is 0. The van der Waals surface area contributed by atoms with Crippen LogP contribution in [0, 0.1) is 0 Å². The van der Waals surface area contributed by atoms with Crippen LogP contribution in [0.2, 0.25) is 0 Å². The third-order valence-corrected chi connectivity index (χ3v) is 2.49. The van der Waals surface area contributed by atoms with Crippen LogP contribution in [0.15, 0.2) is 0 Å². The molecule has 0 amide bonds. The van der Waals surface area contributed by atoms with Gasteiger partial charge in [0.2, 0.25) is 0 Å². The molecule has 1 atom stereocenters. The van der Waals surface area contributed by atoms with E-state index < -0.39 is 0 Å². The summed E-state index contributed by atoms with van der Waals surface area (Å²) in [5.41, 5.74) is 0. The van der Waals surface area contributed by atoms with E-state index in [9.17, 15) is 5.11 Å². The fraction of sp³-hybridized carbons (Fsp3) is 1.00. The Kier molecular flexibility index (Phi) is 3.98. The van der Waals surface area contributed by atoms with Gasteiger partial charge in [0, 0.05) is 12.1 Å². The molecule has 0 radical (unpaired) electrons. The van der Waals surface area contributed by atoms with E-state index in [-0.39, 0.29) is 18.8 Å². The van der Waals surface area contributed by atoms with Gasteiger partial charge in [-0.2, -0.15) is 0 Å². The van der Waals surface area contributed by atoms with Gasteiger partial charge in [-0.05, 0) is 32.6 Å². The third-order valence-electron chi connectivity index (χ3n) is 2.49. The van der Waals surface area contributed by atoms with Crippen molar-refractivity contribution in [1.29, 1.82) is 0 Å². The first kappa shape index (κ1) is 9.96. The summed E-state index contributed by atoms with van der Waals surface area (Å²) in [6, 6.07) is 0.681. The first-order valence-corrected chi connectivity index (χ1v) is 4.77. The van der Waals surface area contributed by atoms with E-state index in [1.54, 1.807) is 0 Å². The Balaban J connectivity index is 2.17. The molecule has 12 heavy (non-hydrogen) atoms. The summed E-state index contributed by atoms with van der Waals surface area (Å²) >= 11 is 0. The van der Waals surface area contributed by atoms with E-state index in [0.717, 1.165) is 25.7 Å². The second-order valence-electron chi connectivity index (χ2n) is 3.76. The Labute approximate surface area is 73.8 Å². The lowest BCUT2D eigenvalue weighted by molar-refractivity contribution is 0.111. The van der Waals surface area contributed by atoms with E-state index in [1.807, 2.05) is 6.92 Å². The van der Waals surface area contributed by atoms with Crippen molar-refractivity contribution < 1.29 is 10.2 Å². The van der Waals surface area contributed by atoms with Crippen molar-refractivity contribution in [2.75, 3.05) is 6.61 Å². The molecule has 0 bridgehead atoms. The van der Waals surface area contributed by atoms with Crippen LogP contribution in [0.1, 0.15) is 32.6 Å². The minimum Gasteiger partial charge on any atom is -0.395 e. The zero-order valence-electron chi connectivity index (χ0n) is 7.66. The van der Waals surface area contributed by atoms with Gasteiger partial charge in [-0.1, -0.05) is 0 Å². The number of nitrogens with one attached hydrogen (secondary N) is 1. The molecule has 72 valence electrons. The van der Waals surface area contributed by atoms with E-state index in [1.165, 1.54) is 0 Å². The highest BCUT2D eigenvalue weighted by Gasteiger charge is 2.19. The van der Waals surface area contributed by atoms with Crippen molar-refractivity contribution in [3.63, 3.8) is 0 Å². The SMILES string of the molecule is C[C@@H](CO)NC1CCC(O)CC1. The zero-order valence-corrected chi connectivity index (χ0v) is 7.66. The standard InChI is InChI=1S/C9H19NO2/c1-7(6-11)10-8-2-4-9(12)5-3-8/h7-12H,2-6H2,1H3/t7-,8?,9?/m0/s1. The summed E-state index contributed by atoms with van der Waals surface area (Å²) in [7, 11) is 0. The lowest BCUT2D eigenvalue weighted by Gasteiger charge is -2.28. The first-order valence-electron chi connectivity index (χ1n) is 4.77. The van der Waals surface area contributed by atoms with Gasteiger partial charge >= 0.3 is 0 Å². The summed E-state index contributed by atoms with van der Waals surface area (Å²) in [5.74, 6) is 0. The van der Waals surface area contributed by atoms with E-state index >= 15 is 0 Å². The van der Waals surface area contributed by atoms with E-state index in [2.05, 4.69) is 5.32 Å². The number of hydrogen-bond acceptors (Lipinski definition) is 3. The second-order valence-corrected chi connectivity index (χ2v) is 3.76. The molecule has 1 aliphatic rings. The van der Waals surface area contributed by atoms with Crippen molar-refractivity contribution in [2.45, 2.75) is 50.8 Å². The maximum atomic E-state index is 9.24. The van der Waals surface area contributed by atoms with Gasteiger partial charge in [-0.3, -0.25) is 0 Å². The molecule has 0 spiro atoms. The quantitative estimate of drug-likeness (QED) is 0.574. The molecule has 1 rings (SSSR count). The molecular weight excluding hydrogens is 154 g/mol. The average Bonchev–Trinajstić information content (AvgIpc) is 2.09. The minimum absolute atomic E-state index is 0.0903. The van der Waals surface area contributed by atoms with Gasteiger partial charge < -0.3 is 15.5 Å². The largest absolute Gasteiger partial charge is 0.395 e. The molecule has 1 fully saturated rings. The van der Waals surface area contributed by atoms with E-state index in [4.69, 9.17) is 5.11 Å². The highest BCUT2D eigenvalue weighted by atomic mass is 16.3. The Morgan fingerprint density at radius 1 is 1.33 bits per heavy atom. The average molecular weight is 173 g/mol. The van der Waals surface area contributed by atoms with Crippen molar-refractivity contribution in [3.05, 3.63) is 0 Å². The molecule has 3 heteroatoms. The van der Waals surface area contributed by atoms with Crippen LogP contribution in [0.5, 0.6) is 0 Å². The normalized spacial score (nSPS) is 33.2. The van der Waals surface area contributed by atoms with Crippen LogP contribution in [0.4, 0.5) is 0 Å². The molecule has 3 nitrogen and oxygen atoms in total. The van der Waals surface area contributed by atoms with Crippen LogP contribution in [-0.4, -0.2) is 35.0 Å². The van der Waals surface area contributed by atoms with Crippen LogP contribution >= 0.6 is 0 Å².